The van der Waals surface area contributed by atoms with Crippen LogP contribution in [0.15, 0.2) is 24.3 Å². The van der Waals surface area contributed by atoms with Crippen LogP contribution in [0, 0.1) is 18.3 Å². The molecule has 1 aromatic heterocycles. The summed E-state index contributed by atoms with van der Waals surface area (Å²) in [6.45, 7) is 1.99. The van der Waals surface area contributed by atoms with Crippen LogP contribution in [0.3, 0.4) is 0 Å². The first-order valence-corrected chi connectivity index (χ1v) is 4.55. The van der Waals surface area contributed by atoms with Crippen LogP contribution >= 0.6 is 11.6 Å². The Morgan fingerprint density at radius 2 is 2.14 bits per heavy atom. The van der Waals surface area contributed by atoms with Gasteiger partial charge in [0.1, 0.15) is 16.9 Å². The number of nitriles is 1. The summed E-state index contributed by atoms with van der Waals surface area (Å²) in [5, 5.41) is 10.9. The Morgan fingerprint density at radius 1 is 1.36 bits per heavy atom. The molecule has 0 spiro atoms. The molecule has 2 aromatic rings. The highest BCUT2D eigenvalue weighted by molar-refractivity contribution is 6.34. The van der Waals surface area contributed by atoms with Gasteiger partial charge in [0.05, 0.1) is 0 Å². The molecule has 0 bridgehead atoms. The van der Waals surface area contributed by atoms with Gasteiger partial charge in [-0.25, -0.2) is 4.98 Å². The lowest BCUT2D eigenvalue weighted by Crippen LogP contribution is -1.86. The molecule has 0 aliphatic rings. The van der Waals surface area contributed by atoms with Gasteiger partial charge < -0.3 is 0 Å². The second-order valence-electron chi connectivity index (χ2n) is 3.13. The number of benzene rings is 1. The van der Waals surface area contributed by atoms with E-state index in [1.54, 1.807) is 6.07 Å². The Morgan fingerprint density at radius 3 is 2.86 bits per heavy atom. The van der Waals surface area contributed by atoms with Crippen molar-refractivity contribution in [1.29, 1.82) is 5.26 Å². The summed E-state index contributed by atoms with van der Waals surface area (Å²) in [5.74, 6) is 0. The molecule has 3 heteroatoms. The topological polar surface area (TPSA) is 36.7 Å². The molecule has 0 unspecified atom stereocenters. The summed E-state index contributed by atoms with van der Waals surface area (Å²) in [5.41, 5.74) is 1.48. The second kappa shape index (κ2) is 3.28. The van der Waals surface area contributed by atoms with Crippen LogP contribution in [0.4, 0.5) is 0 Å². The molecule has 0 atom stereocenters. The molecular formula is C11H7ClN2. The van der Waals surface area contributed by atoms with Crippen molar-refractivity contribution in [3.05, 3.63) is 40.7 Å². The van der Waals surface area contributed by atoms with Crippen molar-refractivity contribution in [2.24, 2.45) is 0 Å². The summed E-state index contributed by atoms with van der Waals surface area (Å²) >= 11 is 5.95. The first kappa shape index (κ1) is 8.98. The molecule has 0 aliphatic carbocycles. The van der Waals surface area contributed by atoms with Crippen molar-refractivity contribution < 1.29 is 0 Å². The highest BCUT2D eigenvalue weighted by Gasteiger charge is 2.03. The van der Waals surface area contributed by atoms with E-state index in [2.05, 4.69) is 4.98 Å². The SMILES string of the molecule is Cc1ccc2cc(C#N)nc(Cl)c2c1. The third-order valence-electron chi connectivity index (χ3n) is 2.06. The van der Waals surface area contributed by atoms with E-state index in [9.17, 15) is 0 Å². The van der Waals surface area contributed by atoms with Crippen LogP contribution < -0.4 is 0 Å². The van der Waals surface area contributed by atoms with E-state index in [0.29, 0.717) is 10.8 Å². The van der Waals surface area contributed by atoms with E-state index in [1.165, 1.54) is 0 Å². The summed E-state index contributed by atoms with van der Waals surface area (Å²) in [6, 6.07) is 9.61. The number of hydrogen-bond donors (Lipinski definition) is 0. The minimum atomic E-state index is 0.353. The van der Waals surface area contributed by atoms with Crippen molar-refractivity contribution in [3.63, 3.8) is 0 Å². The summed E-state index contributed by atoms with van der Waals surface area (Å²) in [7, 11) is 0. The van der Waals surface area contributed by atoms with Gasteiger partial charge in [0.25, 0.3) is 0 Å². The first-order valence-electron chi connectivity index (χ1n) is 4.18. The zero-order valence-corrected chi connectivity index (χ0v) is 8.34. The molecule has 0 saturated heterocycles. The molecule has 0 saturated carbocycles. The van der Waals surface area contributed by atoms with Crippen LogP contribution in [0.1, 0.15) is 11.3 Å². The van der Waals surface area contributed by atoms with Crippen LogP contribution in [-0.4, -0.2) is 4.98 Å². The molecule has 0 radical (unpaired) electrons. The van der Waals surface area contributed by atoms with E-state index < -0.39 is 0 Å². The fourth-order valence-corrected chi connectivity index (χ4v) is 1.63. The van der Waals surface area contributed by atoms with Gasteiger partial charge in [-0.3, -0.25) is 0 Å². The van der Waals surface area contributed by atoms with E-state index in [-0.39, 0.29) is 0 Å². The van der Waals surface area contributed by atoms with Crippen molar-refractivity contribution in [1.82, 2.24) is 4.98 Å². The number of nitrogens with zero attached hydrogens (tertiary/aromatic N) is 2. The van der Waals surface area contributed by atoms with E-state index in [4.69, 9.17) is 16.9 Å². The molecule has 0 aliphatic heterocycles. The number of halogens is 1. The quantitative estimate of drug-likeness (QED) is 0.616. The molecule has 68 valence electrons. The average Bonchev–Trinajstić information content (AvgIpc) is 2.19. The lowest BCUT2D eigenvalue weighted by molar-refractivity contribution is 1.29. The van der Waals surface area contributed by atoms with Gasteiger partial charge in [-0.2, -0.15) is 5.26 Å². The predicted octanol–water partition coefficient (Wildman–Crippen LogP) is 3.07. The average molecular weight is 203 g/mol. The smallest absolute Gasteiger partial charge is 0.142 e. The normalized spacial score (nSPS) is 10.1. The zero-order valence-electron chi connectivity index (χ0n) is 7.58. The summed E-state index contributed by atoms with van der Waals surface area (Å²) in [4.78, 5) is 3.97. The van der Waals surface area contributed by atoms with Gasteiger partial charge in [0, 0.05) is 5.39 Å². The molecule has 2 nitrogen and oxygen atoms in total. The largest absolute Gasteiger partial charge is 0.225 e. The van der Waals surface area contributed by atoms with Crippen molar-refractivity contribution >= 4 is 22.4 Å². The van der Waals surface area contributed by atoms with Gasteiger partial charge in [0.15, 0.2) is 0 Å². The molecule has 14 heavy (non-hydrogen) atoms. The van der Waals surface area contributed by atoms with Crippen molar-refractivity contribution in [3.8, 4) is 6.07 Å². The third-order valence-corrected chi connectivity index (χ3v) is 2.34. The Kier molecular flexibility index (Phi) is 2.11. The third kappa shape index (κ3) is 1.43. The van der Waals surface area contributed by atoms with Crippen LogP contribution in [0.2, 0.25) is 5.15 Å². The summed E-state index contributed by atoms with van der Waals surface area (Å²) < 4.78 is 0. The lowest BCUT2D eigenvalue weighted by atomic mass is 10.1. The number of aromatic nitrogens is 1. The van der Waals surface area contributed by atoms with Crippen LogP contribution in [-0.2, 0) is 0 Å². The number of fused-ring (bicyclic) bond motifs is 1. The zero-order chi connectivity index (χ0) is 10.1. The molecular weight excluding hydrogens is 196 g/mol. The minimum absolute atomic E-state index is 0.353. The standard InChI is InChI=1S/C11H7ClN2/c1-7-2-3-8-5-9(6-13)14-11(12)10(8)4-7/h2-5H,1H3. The molecule has 0 fully saturated rings. The van der Waals surface area contributed by atoms with E-state index >= 15 is 0 Å². The van der Waals surface area contributed by atoms with E-state index in [1.807, 2.05) is 31.2 Å². The van der Waals surface area contributed by atoms with Crippen LogP contribution in [0.25, 0.3) is 10.8 Å². The molecule has 0 N–H and O–H groups in total. The maximum Gasteiger partial charge on any atom is 0.142 e. The fraction of sp³-hybridized carbons (Fsp3) is 0.0909. The number of aryl methyl sites for hydroxylation is 1. The van der Waals surface area contributed by atoms with E-state index in [0.717, 1.165) is 16.3 Å². The number of hydrogen-bond acceptors (Lipinski definition) is 2. The van der Waals surface area contributed by atoms with Crippen molar-refractivity contribution in [2.75, 3.05) is 0 Å². The van der Waals surface area contributed by atoms with Gasteiger partial charge in [0.2, 0.25) is 0 Å². The van der Waals surface area contributed by atoms with Gasteiger partial charge in [-0.05, 0) is 24.4 Å². The summed E-state index contributed by atoms with van der Waals surface area (Å²) in [6.07, 6.45) is 0. The number of pyridine rings is 1. The maximum absolute atomic E-state index is 8.70. The molecule has 1 heterocycles. The molecule has 0 amide bonds. The van der Waals surface area contributed by atoms with Gasteiger partial charge in [-0.15, -0.1) is 0 Å². The first-order chi connectivity index (χ1) is 6.70. The minimum Gasteiger partial charge on any atom is -0.225 e. The second-order valence-corrected chi connectivity index (χ2v) is 3.49. The Hall–Kier alpha value is -1.59. The molecule has 2 rings (SSSR count). The monoisotopic (exact) mass is 202 g/mol. The van der Waals surface area contributed by atoms with Crippen molar-refractivity contribution in [2.45, 2.75) is 6.92 Å². The molecule has 1 aromatic carbocycles. The van der Waals surface area contributed by atoms with Gasteiger partial charge >= 0.3 is 0 Å². The fourth-order valence-electron chi connectivity index (χ4n) is 1.38. The Bertz CT molecular complexity index is 541. The highest BCUT2D eigenvalue weighted by Crippen LogP contribution is 2.23. The number of rotatable bonds is 0. The highest BCUT2D eigenvalue weighted by atomic mass is 35.5. The van der Waals surface area contributed by atoms with Crippen LogP contribution in [0.5, 0.6) is 0 Å². The van der Waals surface area contributed by atoms with Gasteiger partial charge in [-0.1, -0.05) is 29.3 Å². The Balaban J connectivity index is 2.84. The maximum atomic E-state index is 8.70. The lowest BCUT2D eigenvalue weighted by Gasteiger charge is -2.01. The predicted molar refractivity (Wildman–Crippen MR) is 56.2 cm³/mol. The Labute approximate surface area is 86.8 Å².